The Bertz CT molecular complexity index is 1260. The lowest BCUT2D eigenvalue weighted by atomic mass is 9.45. The molecule has 3 aliphatic carbocycles. The Labute approximate surface area is 243 Å². The number of rotatable bonds is 9. The predicted octanol–water partition coefficient (Wildman–Crippen LogP) is 2.88. The van der Waals surface area contributed by atoms with Gasteiger partial charge in [0, 0.05) is 30.3 Å². The van der Waals surface area contributed by atoms with Crippen LogP contribution in [0.5, 0.6) is 0 Å². The zero-order chi connectivity index (χ0) is 29.1. The normalized spacial score (nSPS) is 31.0. The van der Waals surface area contributed by atoms with Gasteiger partial charge >= 0.3 is 0 Å². The Morgan fingerprint density at radius 2 is 2.07 bits per heavy atom. The fourth-order valence-corrected chi connectivity index (χ4v) is 7.31. The van der Waals surface area contributed by atoms with Gasteiger partial charge in [0.2, 0.25) is 5.91 Å². The van der Waals surface area contributed by atoms with E-state index in [2.05, 4.69) is 48.2 Å². The molecule has 220 valence electrons. The number of nitrogens with one attached hydrogen (secondary N) is 2. The Hall–Kier alpha value is -2.80. The molecule has 0 radical (unpaired) electrons. The van der Waals surface area contributed by atoms with Gasteiger partial charge in [-0.2, -0.15) is 5.06 Å². The molecule has 1 amide bonds. The van der Waals surface area contributed by atoms with Crippen molar-refractivity contribution in [1.29, 1.82) is 0 Å². The van der Waals surface area contributed by atoms with Crippen molar-refractivity contribution in [2.75, 3.05) is 13.2 Å². The minimum atomic E-state index is -0.820. The highest BCUT2D eigenvalue weighted by atomic mass is 16.7. The predicted molar refractivity (Wildman–Crippen MR) is 157 cm³/mol. The molecule has 4 N–H and O–H groups in total. The molecule has 8 heteroatoms. The number of hydrogen-bond donors (Lipinski definition) is 4. The maximum atomic E-state index is 13.8. The van der Waals surface area contributed by atoms with E-state index in [0.29, 0.717) is 42.8 Å². The summed E-state index contributed by atoms with van der Waals surface area (Å²) in [5, 5.41) is 29.0. The molecule has 0 spiro atoms. The van der Waals surface area contributed by atoms with Crippen LogP contribution in [0.15, 0.2) is 48.7 Å². The number of carbonyl (C=O) groups is 1. The summed E-state index contributed by atoms with van der Waals surface area (Å²) in [7, 11) is 0. The third-order valence-electron chi connectivity index (χ3n) is 9.81. The van der Waals surface area contributed by atoms with Gasteiger partial charge in [-0.15, -0.1) is 0 Å². The molecule has 8 atom stereocenters. The number of hydroxylamine groups is 2. The van der Waals surface area contributed by atoms with Crippen molar-refractivity contribution in [3.63, 3.8) is 0 Å². The van der Waals surface area contributed by atoms with Crippen LogP contribution in [0.25, 0.3) is 0 Å². The summed E-state index contributed by atoms with van der Waals surface area (Å²) in [5.41, 5.74) is 3.10. The van der Waals surface area contributed by atoms with Crippen molar-refractivity contribution in [3.8, 4) is 11.8 Å². The fourth-order valence-electron chi connectivity index (χ4n) is 7.31. The molecule has 2 aromatic rings. The second-order valence-electron chi connectivity index (χ2n) is 12.7. The molecule has 2 bridgehead atoms. The molecule has 0 unspecified atom stereocenters. The van der Waals surface area contributed by atoms with Crippen molar-refractivity contribution in [2.24, 2.45) is 29.1 Å². The Morgan fingerprint density at radius 3 is 2.76 bits per heavy atom. The Morgan fingerprint density at radius 1 is 1.24 bits per heavy atom. The zero-order valence-corrected chi connectivity index (χ0v) is 24.6. The molecule has 4 fully saturated rings. The van der Waals surface area contributed by atoms with E-state index in [1.165, 1.54) is 6.42 Å². The van der Waals surface area contributed by atoms with E-state index in [4.69, 9.17) is 4.84 Å². The summed E-state index contributed by atoms with van der Waals surface area (Å²) in [6.45, 7) is 9.86. The van der Waals surface area contributed by atoms with Crippen LogP contribution < -0.4 is 10.6 Å². The van der Waals surface area contributed by atoms with Gasteiger partial charge in [0.1, 0.15) is 12.1 Å². The highest BCUT2D eigenvalue weighted by Gasteiger charge is 2.57. The van der Waals surface area contributed by atoms with Gasteiger partial charge in [-0.25, -0.2) is 0 Å². The number of carbonyl (C=O) groups excluding carboxylic acids is 1. The van der Waals surface area contributed by atoms with E-state index in [0.717, 1.165) is 23.2 Å². The van der Waals surface area contributed by atoms with E-state index in [-0.39, 0.29) is 18.6 Å². The summed E-state index contributed by atoms with van der Waals surface area (Å²) in [5.74, 6) is 7.29. The fraction of sp³-hybridized carbons (Fsp3) is 0.576. The van der Waals surface area contributed by atoms with Gasteiger partial charge in [0.15, 0.2) is 0 Å². The van der Waals surface area contributed by atoms with Crippen LogP contribution in [0.3, 0.4) is 0 Å². The maximum absolute atomic E-state index is 13.8. The van der Waals surface area contributed by atoms with E-state index >= 15 is 0 Å². The molecule has 8 nitrogen and oxygen atoms in total. The van der Waals surface area contributed by atoms with Crippen molar-refractivity contribution in [2.45, 2.75) is 77.9 Å². The largest absolute Gasteiger partial charge is 0.394 e. The number of amides is 1. The third kappa shape index (κ3) is 6.35. The van der Waals surface area contributed by atoms with Crippen LogP contribution in [-0.4, -0.2) is 63.6 Å². The number of hydrogen-bond acceptors (Lipinski definition) is 7. The molecule has 1 aromatic heterocycles. The standard InChI is InChI=1S/C33H44N4O4/c1-21-27-16-25(33(27,3)4)17-28(21)36-32(40)31-30(22(2)39)29(20-38)41-37(31)19-24-10-7-9-23(15-24)11-8-13-34-18-26-12-5-6-14-35-26/h5-7,9-10,12,14-15,21-22,25,27-31,34,38-39H,13,16-20H2,1-4H3,(H,36,40)/t21-,22-,25+,27-,28-,29-,30+,31-/m0/s1. The molecular formula is C33H44N4O4. The van der Waals surface area contributed by atoms with Gasteiger partial charge in [-0.05, 0) is 72.8 Å². The van der Waals surface area contributed by atoms with E-state index in [1.807, 2.05) is 42.5 Å². The van der Waals surface area contributed by atoms with Crippen molar-refractivity contribution in [1.82, 2.24) is 20.7 Å². The summed E-state index contributed by atoms with van der Waals surface area (Å²) >= 11 is 0. The zero-order valence-electron chi connectivity index (χ0n) is 24.6. The minimum Gasteiger partial charge on any atom is -0.394 e. The average molecular weight is 561 g/mol. The highest BCUT2D eigenvalue weighted by Crippen LogP contribution is 2.61. The summed E-state index contributed by atoms with van der Waals surface area (Å²) in [6, 6.07) is 13.1. The minimum absolute atomic E-state index is 0.105. The lowest BCUT2D eigenvalue weighted by Crippen LogP contribution is -2.62. The highest BCUT2D eigenvalue weighted by molar-refractivity contribution is 5.82. The van der Waals surface area contributed by atoms with Crippen LogP contribution in [0, 0.1) is 40.9 Å². The maximum Gasteiger partial charge on any atom is 0.240 e. The molecule has 4 aliphatic rings. The van der Waals surface area contributed by atoms with Crippen LogP contribution >= 0.6 is 0 Å². The Kier molecular flexibility index (Phi) is 9.12. The summed E-state index contributed by atoms with van der Waals surface area (Å²) < 4.78 is 0. The second kappa shape index (κ2) is 12.6. The third-order valence-corrected chi connectivity index (χ3v) is 9.81. The average Bonchev–Trinajstić information content (AvgIpc) is 3.33. The molecular weight excluding hydrogens is 516 g/mol. The lowest BCUT2D eigenvalue weighted by molar-refractivity contribution is -0.183. The van der Waals surface area contributed by atoms with Crippen LogP contribution in [0.1, 0.15) is 57.4 Å². The summed E-state index contributed by atoms with van der Waals surface area (Å²) in [6.07, 6.45) is 2.51. The monoisotopic (exact) mass is 560 g/mol. The first-order valence-electron chi connectivity index (χ1n) is 14.9. The van der Waals surface area contributed by atoms with Crippen molar-refractivity contribution in [3.05, 3.63) is 65.5 Å². The molecule has 1 aliphatic heterocycles. The molecule has 41 heavy (non-hydrogen) atoms. The van der Waals surface area contributed by atoms with Crippen LogP contribution in [0.4, 0.5) is 0 Å². The number of benzene rings is 1. The van der Waals surface area contributed by atoms with Gasteiger partial charge in [-0.1, -0.05) is 50.8 Å². The first kappa shape index (κ1) is 29.7. The van der Waals surface area contributed by atoms with Crippen LogP contribution in [-0.2, 0) is 22.7 Å². The molecule has 2 heterocycles. The number of aliphatic hydroxyl groups is 2. The molecule has 6 rings (SSSR count). The van der Waals surface area contributed by atoms with Gasteiger partial charge < -0.3 is 20.8 Å². The number of aromatic nitrogens is 1. The molecule has 3 saturated carbocycles. The molecule has 1 aromatic carbocycles. The first-order valence-corrected chi connectivity index (χ1v) is 14.9. The summed E-state index contributed by atoms with van der Waals surface area (Å²) in [4.78, 5) is 24.2. The van der Waals surface area contributed by atoms with E-state index in [1.54, 1.807) is 18.2 Å². The quantitative estimate of drug-likeness (QED) is 0.276. The van der Waals surface area contributed by atoms with Crippen LogP contribution in [0.2, 0.25) is 0 Å². The SMILES string of the molecule is C[C@@H]1[C@@H](NC(=O)[C@@H]2[C@H]([C@H](C)O)[C@H](CO)ON2Cc2cccc(C#CCNCc3ccccn3)c2)C[C@H]2C[C@@H]1C2(C)C. The van der Waals surface area contributed by atoms with Gasteiger partial charge in [0.05, 0.1) is 31.5 Å². The number of aliphatic hydroxyl groups excluding tert-OH is 2. The number of fused-ring (bicyclic) bond motifs is 2. The number of pyridine rings is 1. The van der Waals surface area contributed by atoms with Gasteiger partial charge in [0.25, 0.3) is 0 Å². The number of nitrogens with zero attached hydrogens (tertiary/aromatic N) is 2. The first-order chi connectivity index (χ1) is 19.7. The van der Waals surface area contributed by atoms with Crippen molar-refractivity contribution >= 4 is 5.91 Å². The topological polar surface area (TPSA) is 107 Å². The second-order valence-corrected chi connectivity index (χ2v) is 12.7. The smallest absolute Gasteiger partial charge is 0.240 e. The lowest BCUT2D eigenvalue weighted by Gasteiger charge is -2.62. The van der Waals surface area contributed by atoms with Gasteiger partial charge in [-0.3, -0.25) is 14.6 Å². The van der Waals surface area contributed by atoms with E-state index in [9.17, 15) is 15.0 Å². The Balaban J connectivity index is 1.25. The van der Waals surface area contributed by atoms with E-state index < -0.39 is 24.2 Å². The molecule has 1 saturated heterocycles. The van der Waals surface area contributed by atoms with Crippen molar-refractivity contribution < 1.29 is 19.8 Å².